The van der Waals surface area contributed by atoms with Crippen LogP contribution in [0.5, 0.6) is 11.5 Å². The second kappa shape index (κ2) is 6.69. The fraction of sp³-hybridized carbons (Fsp3) is 0.133. The zero-order valence-electron chi connectivity index (χ0n) is 10.5. The SMILES string of the molecule is COc1cc(N=C=S)ccc1OCc1ccccc1. The highest BCUT2D eigenvalue weighted by molar-refractivity contribution is 7.78. The number of rotatable bonds is 5. The molecule has 0 radical (unpaired) electrons. The Morgan fingerprint density at radius 3 is 2.58 bits per heavy atom. The molecule has 0 saturated heterocycles. The van der Waals surface area contributed by atoms with E-state index in [1.165, 1.54) is 0 Å². The van der Waals surface area contributed by atoms with E-state index in [1.54, 1.807) is 13.2 Å². The Balaban J connectivity index is 2.14. The molecule has 0 aliphatic carbocycles. The maximum atomic E-state index is 5.73. The van der Waals surface area contributed by atoms with Crippen LogP contribution in [0, 0.1) is 0 Å². The van der Waals surface area contributed by atoms with Crippen molar-refractivity contribution in [3.05, 3.63) is 54.1 Å². The van der Waals surface area contributed by atoms with E-state index in [0.717, 1.165) is 5.56 Å². The van der Waals surface area contributed by atoms with E-state index in [0.29, 0.717) is 23.8 Å². The quantitative estimate of drug-likeness (QED) is 0.608. The summed E-state index contributed by atoms with van der Waals surface area (Å²) in [5.41, 5.74) is 1.80. The predicted octanol–water partition coefficient (Wildman–Crippen LogP) is 4.01. The van der Waals surface area contributed by atoms with Crippen LogP contribution >= 0.6 is 12.2 Å². The number of thiocarbonyl (C=S) groups is 1. The number of methoxy groups -OCH3 is 1. The van der Waals surface area contributed by atoms with E-state index in [2.05, 4.69) is 22.4 Å². The van der Waals surface area contributed by atoms with Crippen molar-refractivity contribution < 1.29 is 9.47 Å². The van der Waals surface area contributed by atoms with Crippen LogP contribution < -0.4 is 9.47 Å². The lowest BCUT2D eigenvalue weighted by atomic mass is 10.2. The van der Waals surface area contributed by atoms with Gasteiger partial charge in [-0.15, -0.1) is 0 Å². The van der Waals surface area contributed by atoms with Crippen LogP contribution in [0.4, 0.5) is 5.69 Å². The molecule has 2 rings (SSSR count). The molecule has 2 aromatic rings. The first kappa shape index (κ1) is 13.3. The normalized spacial score (nSPS) is 9.53. The summed E-state index contributed by atoms with van der Waals surface area (Å²) in [4.78, 5) is 3.90. The van der Waals surface area contributed by atoms with Crippen LogP contribution in [-0.4, -0.2) is 12.3 Å². The summed E-state index contributed by atoms with van der Waals surface area (Å²) in [7, 11) is 1.59. The van der Waals surface area contributed by atoms with Crippen molar-refractivity contribution in [1.29, 1.82) is 0 Å². The van der Waals surface area contributed by atoms with Crippen molar-refractivity contribution in [2.45, 2.75) is 6.61 Å². The van der Waals surface area contributed by atoms with Crippen LogP contribution in [0.25, 0.3) is 0 Å². The zero-order chi connectivity index (χ0) is 13.5. The molecule has 0 unspecified atom stereocenters. The molecular weight excluding hydrogens is 258 g/mol. The molecule has 0 N–H and O–H groups in total. The van der Waals surface area contributed by atoms with Gasteiger partial charge in [-0.2, -0.15) is 4.99 Å². The van der Waals surface area contributed by atoms with Crippen molar-refractivity contribution in [3.63, 3.8) is 0 Å². The first-order valence-corrected chi connectivity index (χ1v) is 6.17. The molecular formula is C15H13NO2S. The van der Waals surface area contributed by atoms with Gasteiger partial charge in [-0.3, -0.25) is 0 Å². The van der Waals surface area contributed by atoms with Gasteiger partial charge in [-0.25, -0.2) is 0 Å². The van der Waals surface area contributed by atoms with E-state index in [9.17, 15) is 0 Å². The number of hydrogen-bond donors (Lipinski definition) is 0. The number of isothiocyanates is 1. The van der Waals surface area contributed by atoms with Crippen LogP contribution in [0.15, 0.2) is 53.5 Å². The molecule has 4 heteroatoms. The molecule has 0 aromatic heterocycles. The summed E-state index contributed by atoms with van der Waals surface area (Å²) in [5, 5.41) is 2.32. The summed E-state index contributed by atoms with van der Waals surface area (Å²) in [5.74, 6) is 1.30. The Labute approximate surface area is 117 Å². The van der Waals surface area contributed by atoms with Gasteiger partial charge in [0.2, 0.25) is 0 Å². The third-order valence-corrected chi connectivity index (χ3v) is 2.65. The minimum absolute atomic E-state index is 0.493. The molecule has 0 amide bonds. The van der Waals surface area contributed by atoms with Gasteiger partial charge >= 0.3 is 0 Å². The Kier molecular flexibility index (Phi) is 4.67. The van der Waals surface area contributed by atoms with Crippen molar-refractivity contribution in [2.75, 3.05) is 7.11 Å². The molecule has 0 saturated carbocycles. The van der Waals surface area contributed by atoms with Gasteiger partial charge in [0.25, 0.3) is 0 Å². The van der Waals surface area contributed by atoms with E-state index >= 15 is 0 Å². The summed E-state index contributed by atoms with van der Waals surface area (Å²) < 4.78 is 11.0. The van der Waals surface area contributed by atoms with Crippen molar-refractivity contribution >= 4 is 23.1 Å². The Bertz CT molecular complexity index is 592. The molecule has 96 valence electrons. The van der Waals surface area contributed by atoms with Gasteiger partial charge in [0, 0.05) is 6.07 Å². The van der Waals surface area contributed by atoms with Crippen LogP contribution in [0.1, 0.15) is 5.56 Å². The van der Waals surface area contributed by atoms with Gasteiger partial charge in [-0.05, 0) is 29.9 Å². The monoisotopic (exact) mass is 271 g/mol. The van der Waals surface area contributed by atoms with Gasteiger partial charge in [-0.1, -0.05) is 30.3 Å². The van der Waals surface area contributed by atoms with Crippen LogP contribution in [0.3, 0.4) is 0 Å². The van der Waals surface area contributed by atoms with Crippen molar-refractivity contribution in [1.82, 2.24) is 0 Å². The topological polar surface area (TPSA) is 30.8 Å². The Morgan fingerprint density at radius 1 is 1.11 bits per heavy atom. The van der Waals surface area contributed by atoms with Crippen molar-refractivity contribution in [3.8, 4) is 11.5 Å². The lowest BCUT2D eigenvalue weighted by Gasteiger charge is -2.10. The maximum Gasteiger partial charge on any atom is 0.162 e. The molecule has 19 heavy (non-hydrogen) atoms. The molecule has 0 heterocycles. The molecule has 0 fully saturated rings. The number of hydrogen-bond acceptors (Lipinski definition) is 4. The van der Waals surface area contributed by atoms with E-state index in [-0.39, 0.29) is 0 Å². The fourth-order valence-electron chi connectivity index (χ4n) is 1.63. The Morgan fingerprint density at radius 2 is 1.89 bits per heavy atom. The third kappa shape index (κ3) is 3.65. The second-order valence-electron chi connectivity index (χ2n) is 3.81. The fourth-order valence-corrected chi connectivity index (χ4v) is 1.74. The van der Waals surface area contributed by atoms with Crippen LogP contribution in [-0.2, 0) is 6.61 Å². The largest absolute Gasteiger partial charge is 0.493 e. The molecule has 0 bridgehead atoms. The number of ether oxygens (including phenoxy) is 2. The third-order valence-electron chi connectivity index (χ3n) is 2.56. The number of aliphatic imine (C=N–C) groups is 1. The highest BCUT2D eigenvalue weighted by Gasteiger charge is 2.05. The summed E-state index contributed by atoms with van der Waals surface area (Å²) >= 11 is 4.57. The van der Waals surface area contributed by atoms with Gasteiger partial charge in [0.15, 0.2) is 11.5 Å². The summed E-state index contributed by atoms with van der Waals surface area (Å²) in [6.45, 7) is 0.493. The molecule has 0 spiro atoms. The zero-order valence-corrected chi connectivity index (χ0v) is 11.3. The predicted molar refractivity (Wildman–Crippen MR) is 78.5 cm³/mol. The van der Waals surface area contributed by atoms with Gasteiger partial charge in [0.05, 0.1) is 18.0 Å². The molecule has 3 nitrogen and oxygen atoms in total. The standard InChI is InChI=1S/C15H13NO2S/c1-17-15-9-13(16-11-19)7-8-14(15)18-10-12-5-3-2-4-6-12/h2-9H,10H2,1H3. The first-order chi connectivity index (χ1) is 9.33. The molecule has 0 aliphatic heterocycles. The minimum atomic E-state index is 0.493. The van der Waals surface area contributed by atoms with E-state index in [4.69, 9.17) is 9.47 Å². The average molecular weight is 271 g/mol. The van der Waals surface area contributed by atoms with Gasteiger partial charge < -0.3 is 9.47 Å². The van der Waals surface area contributed by atoms with Gasteiger partial charge in [0.1, 0.15) is 6.61 Å². The maximum absolute atomic E-state index is 5.73. The lowest BCUT2D eigenvalue weighted by molar-refractivity contribution is 0.284. The lowest BCUT2D eigenvalue weighted by Crippen LogP contribution is -1.97. The highest BCUT2D eigenvalue weighted by Crippen LogP contribution is 2.31. The highest BCUT2D eigenvalue weighted by atomic mass is 32.1. The minimum Gasteiger partial charge on any atom is -0.493 e. The summed E-state index contributed by atoms with van der Waals surface area (Å²) in [6.07, 6.45) is 0. The second-order valence-corrected chi connectivity index (χ2v) is 4.00. The number of nitrogens with zero attached hydrogens (tertiary/aromatic N) is 1. The Hall–Kier alpha value is -2.16. The van der Waals surface area contributed by atoms with E-state index in [1.807, 2.05) is 42.5 Å². The molecule has 0 atom stereocenters. The smallest absolute Gasteiger partial charge is 0.162 e. The van der Waals surface area contributed by atoms with Crippen molar-refractivity contribution in [2.24, 2.45) is 4.99 Å². The first-order valence-electron chi connectivity index (χ1n) is 5.76. The average Bonchev–Trinajstić information content (AvgIpc) is 2.47. The summed E-state index contributed by atoms with van der Waals surface area (Å²) in [6, 6.07) is 15.3. The van der Waals surface area contributed by atoms with Crippen LogP contribution in [0.2, 0.25) is 0 Å². The number of benzene rings is 2. The molecule has 0 aliphatic rings. The van der Waals surface area contributed by atoms with E-state index < -0.39 is 0 Å². The molecule has 2 aromatic carbocycles.